The summed E-state index contributed by atoms with van der Waals surface area (Å²) < 4.78 is 15.8. The van der Waals surface area contributed by atoms with Crippen LogP contribution < -0.4 is 4.74 Å². The number of nitrogens with zero attached hydrogens (tertiary/aromatic N) is 1. The first-order valence-corrected chi connectivity index (χ1v) is 6.45. The predicted molar refractivity (Wildman–Crippen MR) is 73.4 cm³/mol. The molecule has 0 fully saturated rings. The molecule has 2 rings (SSSR count). The van der Waals surface area contributed by atoms with Crippen molar-refractivity contribution in [1.29, 1.82) is 0 Å². The second-order valence-electron chi connectivity index (χ2n) is 4.71. The van der Waals surface area contributed by atoms with Crippen LogP contribution in [0.25, 0.3) is 0 Å². The van der Waals surface area contributed by atoms with Crippen LogP contribution in [0.3, 0.4) is 0 Å². The summed E-state index contributed by atoms with van der Waals surface area (Å²) in [5.41, 5.74) is 2.57. The van der Waals surface area contributed by atoms with Gasteiger partial charge in [-0.3, -0.25) is 0 Å². The SMILES string of the molecule is COCc1cc(COc2ccc(C(C)O)cc2C)no1. The van der Waals surface area contributed by atoms with E-state index < -0.39 is 6.10 Å². The number of benzene rings is 1. The monoisotopic (exact) mass is 277 g/mol. The van der Waals surface area contributed by atoms with Gasteiger partial charge in [-0.1, -0.05) is 11.2 Å². The molecule has 0 aliphatic carbocycles. The van der Waals surface area contributed by atoms with Gasteiger partial charge in [-0.2, -0.15) is 0 Å². The molecule has 0 radical (unpaired) electrons. The summed E-state index contributed by atoms with van der Waals surface area (Å²) in [5, 5.41) is 13.4. The van der Waals surface area contributed by atoms with Gasteiger partial charge in [0.2, 0.25) is 0 Å². The lowest BCUT2D eigenvalue weighted by Gasteiger charge is -2.10. The van der Waals surface area contributed by atoms with Crippen molar-refractivity contribution in [3.63, 3.8) is 0 Å². The van der Waals surface area contributed by atoms with Crippen molar-refractivity contribution >= 4 is 0 Å². The van der Waals surface area contributed by atoms with Crippen molar-refractivity contribution in [2.45, 2.75) is 33.2 Å². The molecule has 1 aromatic carbocycles. The molecule has 0 saturated heterocycles. The van der Waals surface area contributed by atoms with Crippen molar-refractivity contribution in [2.75, 3.05) is 7.11 Å². The Labute approximate surface area is 118 Å². The van der Waals surface area contributed by atoms with Crippen molar-refractivity contribution < 1.29 is 19.1 Å². The first-order valence-electron chi connectivity index (χ1n) is 6.45. The molecule has 1 aromatic heterocycles. The van der Waals surface area contributed by atoms with Gasteiger partial charge in [-0.25, -0.2) is 0 Å². The number of hydrogen-bond donors (Lipinski definition) is 1. The second-order valence-corrected chi connectivity index (χ2v) is 4.71. The fourth-order valence-corrected chi connectivity index (χ4v) is 1.88. The minimum atomic E-state index is -0.477. The fourth-order valence-electron chi connectivity index (χ4n) is 1.88. The van der Waals surface area contributed by atoms with Gasteiger partial charge in [-0.05, 0) is 37.1 Å². The quantitative estimate of drug-likeness (QED) is 0.879. The predicted octanol–water partition coefficient (Wildman–Crippen LogP) is 2.76. The molecule has 0 amide bonds. The van der Waals surface area contributed by atoms with Gasteiger partial charge < -0.3 is 19.1 Å². The van der Waals surface area contributed by atoms with E-state index in [1.807, 2.05) is 31.2 Å². The molecule has 108 valence electrons. The average Bonchev–Trinajstić information content (AvgIpc) is 2.85. The number of ether oxygens (including phenoxy) is 2. The lowest BCUT2D eigenvalue weighted by Crippen LogP contribution is -1.99. The first kappa shape index (κ1) is 14.6. The molecule has 0 aliphatic heterocycles. The summed E-state index contributed by atoms with van der Waals surface area (Å²) in [6, 6.07) is 7.43. The molecular formula is C15H19NO4. The van der Waals surface area contributed by atoms with E-state index in [0.29, 0.717) is 19.0 Å². The van der Waals surface area contributed by atoms with Crippen molar-refractivity contribution in [2.24, 2.45) is 0 Å². The van der Waals surface area contributed by atoms with E-state index >= 15 is 0 Å². The lowest BCUT2D eigenvalue weighted by molar-refractivity contribution is 0.155. The van der Waals surface area contributed by atoms with E-state index in [1.165, 1.54) is 0 Å². The van der Waals surface area contributed by atoms with E-state index in [4.69, 9.17) is 14.0 Å². The van der Waals surface area contributed by atoms with Gasteiger partial charge >= 0.3 is 0 Å². The smallest absolute Gasteiger partial charge is 0.162 e. The van der Waals surface area contributed by atoms with Crippen LogP contribution in [0, 0.1) is 6.92 Å². The fraction of sp³-hybridized carbons (Fsp3) is 0.400. The summed E-state index contributed by atoms with van der Waals surface area (Å²) in [4.78, 5) is 0. The topological polar surface area (TPSA) is 64.7 Å². The summed E-state index contributed by atoms with van der Waals surface area (Å²) in [5.74, 6) is 1.44. The van der Waals surface area contributed by atoms with Crippen molar-refractivity contribution in [1.82, 2.24) is 5.16 Å². The highest BCUT2D eigenvalue weighted by molar-refractivity contribution is 5.37. The molecule has 5 heteroatoms. The van der Waals surface area contributed by atoms with Crippen LogP contribution in [0.2, 0.25) is 0 Å². The molecule has 2 aromatic rings. The molecule has 1 heterocycles. The molecule has 20 heavy (non-hydrogen) atoms. The molecule has 0 aliphatic rings. The Bertz CT molecular complexity index is 563. The highest BCUT2D eigenvalue weighted by atomic mass is 16.5. The Balaban J connectivity index is 1.99. The van der Waals surface area contributed by atoms with Gasteiger partial charge in [0.15, 0.2) is 5.76 Å². The Morgan fingerprint density at radius 1 is 1.30 bits per heavy atom. The molecule has 5 nitrogen and oxygen atoms in total. The van der Waals surface area contributed by atoms with Crippen LogP contribution in [0.5, 0.6) is 5.75 Å². The molecule has 1 unspecified atom stereocenters. The number of methoxy groups -OCH3 is 1. The van der Waals surface area contributed by atoms with E-state index in [0.717, 1.165) is 22.6 Å². The van der Waals surface area contributed by atoms with Gasteiger partial charge in [-0.15, -0.1) is 0 Å². The Morgan fingerprint density at radius 3 is 2.75 bits per heavy atom. The number of aliphatic hydroxyl groups excluding tert-OH is 1. The zero-order valence-electron chi connectivity index (χ0n) is 11.9. The van der Waals surface area contributed by atoms with E-state index in [2.05, 4.69) is 5.16 Å². The number of hydrogen-bond acceptors (Lipinski definition) is 5. The largest absolute Gasteiger partial charge is 0.487 e. The summed E-state index contributed by atoms with van der Waals surface area (Å²) in [7, 11) is 1.60. The number of aliphatic hydroxyl groups is 1. The third kappa shape index (κ3) is 3.59. The molecule has 1 atom stereocenters. The molecule has 0 spiro atoms. The number of aryl methyl sites for hydroxylation is 1. The first-order chi connectivity index (χ1) is 9.60. The van der Waals surface area contributed by atoms with Crippen molar-refractivity contribution in [3.05, 3.63) is 46.8 Å². The molecule has 0 saturated carbocycles. The summed E-state index contributed by atoms with van der Waals surface area (Å²) >= 11 is 0. The van der Waals surface area contributed by atoms with Crippen LogP contribution in [0.1, 0.15) is 35.6 Å². The third-order valence-corrected chi connectivity index (χ3v) is 2.95. The Morgan fingerprint density at radius 2 is 2.10 bits per heavy atom. The highest BCUT2D eigenvalue weighted by Gasteiger charge is 2.08. The summed E-state index contributed by atoms with van der Waals surface area (Å²) in [6.45, 7) is 4.42. The minimum Gasteiger partial charge on any atom is -0.487 e. The summed E-state index contributed by atoms with van der Waals surface area (Å²) in [6.07, 6.45) is -0.477. The minimum absolute atomic E-state index is 0.335. The second kappa shape index (κ2) is 6.54. The standard InChI is InChI=1S/C15H19NO4/c1-10-6-12(11(2)17)4-5-15(10)19-8-13-7-14(9-18-3)20-16-13/h4-7,11,17H,8-9H2,1-3H3. The molecular weight excluding hydrogens is 258 g/mol. The van der Waals surface area contributed by atoms with Crippen LogP contribution in [-0.4, -0.2) is 17.4 Å². The number of rotatable bonds is 6. The number of aromatic nitrogens is 1. The average molecular weight is 277 g/mol. The molecule has 0 bridgehead atoms. The Hall–Kier alpha value is -1.85. The van der Waals surface area contributed by atoms with E-state index in [1.54, 1.807) is 14.0 Å². The maximum Gasteiger partial charge on any atom is 0.162 e. The van der Waals surface area contributed by atoms with Crippen LogP contribution in [0.15, 0.2) is 28.8 Å². The zero-order valence-corrected chi connectivity index (χ0v) is 11.9. The molecule has 1 N–H and O–H groups in total. The highest BCUT2D eigenvalue weighted by Crippen LogP contribution is 2.23. The van der Waals surface area contributed by atoms with Crippen molar-refractivity contribution in [3.8, 4) is 5.75 Å². The van der Waals surface area contributed by atoms with Crippen LogP contribution >= 0.6 is 0 Å². The maximum atomic E-state index is 9.53. The third-order valence-electron chi connectivity index (χ3n) is 2.95. The Kier molecular flexibility index (Phi) is 4.76. The van der Waals surface area contributed by atoms with E-state index in [-0.39, 0.29) is 0 Å². The van der Waals surface area contributed by atoms with E-state index in [9.17, 15) is 5.11 Å². The van der Waals surface area contributed by atoms with Crippen LogP contribution in [0.4, 0.5) is 0 Å². The lowest BCUT2D eigenvalue weighted by atomic mass is 10.1. The van der Waals surface area contributed by atoms with Gasteiger partial charge in [0.05, 0.1) is 6.10 Å². The van der Waals surface area contributed by atoms with Gasteiger partial charge in [0.25, 0.3) is 0 Å². The van der Waals surface area contributed by atoms with Gasteiger partial charge in [0.1, 0.15) is 24.7 Å². The normalized spacial score (nSPS) is 12.4. The zero-order chi connectivity index (χ0) is 14.5. The van der Waals surface area contributed by atoms with Crippen LogP contribution in [-0.2, 0) is 18.0 Å². The van der Waals surface area contributed by atoms with Gasteiger partial charge in [0, 0.05) is 13.2 Å². The maximum absolute atomic E-state index is 9.53.